The Kier molecular flexibility index (Phi) is 5.58. The molecule has 2 N–H and O–H groups in total. The number of carbonyl (C=O) groups excluding carboxylic acids is 2. The Balaban J connectivity index is 1.86. The van der Waals surface area contributed by atoms with Gasteiger partial charge in [0.2, 0.25) is 5.91 Å². The van der Waals surface area contributed by atoms with E-state index in [1.807, 2.05) is 4.90 Å². The molecule has 0 aromatic heterocycles. The number of benzene rings is 2. The first-order chi connectivity index (χ1) is 13.2. The van der Waals surface area contributed by atoms with Crippen molar-refractivity contribution in [1.29, 1.82) is 0 Å². The van der Waals surface area contributed by atoms with Crippen molar-refractivity contribution in [3.63, 3.8) is 0 Å². The first-order valence-electron chi connectivity index (χ1n) is 8.89. The number of rotatable bonds is 4. The van der Waals surface area contributed by atoms with Gasteiger partial charge in [-0.25, -0.2) is 0 Å². The second kappa shape index (κ2) is 7.92. The molecular formula is C20H20F3N3O2. The molecule has 148 valence electrons. The molecule has 0 atom stereocenters. The number of nitrogens with one attached hydrogen (secondary N) is 2. The van der Waals surface area contributed by atoms with Crippen molar-refractivity contribution in [2.75, 3.05) is 28.6 Å². The summed E-state index contributed by atoms with van der Waals surface area (Å²) < 4.78 is 39.4. The molecule has 28 heavy (non-hydrogen) atoms. The molecule has 2 amide bonds. The fraction of sp³-hybridized carbons (Fsp3) is 0.300. The number of anilines is 3. The smallest absolute Gasteiger partial charge is 0.370 e. The van der Waals surface area contributed by atoms with Crippen LogP contribution in [0.15, 0.2) is 42.5 Å². The zero-order valence-electron chi connectivity index (χ0n) is 15.3. The third-order valence-electron chi connectivity index (χ3n) is 4.49. The lowest BCUT2D eigenvalue weighted by Gasteiger charge is -2.23. The van der Waals surface area contributed by atoms with Gasteiger partial charge >= 0.3 is 6.18 Å². The van der Waals surface area contributed by atoms with Gasteiger partial charge in [0.15, 0.2) is 0 Å². The second-order valence-electron chi connectivity index (χ2n) is 6.64. The molecule has 1 saturated heterocycles. The van der Waals surface area contributed by atoms with Crippen LogP contribution in [0, 0.1) is 0 Å². The van der Waals surface area contributed by atoms with Gasteiger partial charge < -0.3 is 15.5 Å². The molecule has 3 rings (SSSR count). The van der Waals surface area contributed by atoms with E-state index in [1.54, 1.807) is 12.1 Å². The van der Waals surface area contributed by atoms with Crippen molar-refractivity contribution in [3.8, 4) is 0 Å². The van der Waals surface area contributed by atoms with Crippen LogP contribution in [0.4, 0.5) is 30.2 Å². The lowest BCUT2D eigenvalue weighted by atomic mass is 10.1. The molecule has 0 aliphatic carbocycles. The maximum Gasteiger partial charge on any atom is 0.416 e. The van der Waals surface area contributed by atoms with Gasteiger partial charge in [0.25, 0.3) is 5.91 Å². The van der Waals surface area contributed by atoms with Crippen LogP contribution in [-0.2, 0) is 11.0 Å². The summed E-state index contributed by atoms with van der Waals surface area (Å²) in [5, 5.41) is 5.20. The topological polar surface area (TPSA) is 61.4 Å². The Hall–Kier alpha value is -3.03. The normalized spacial score (nSPS) is 14.1. The number of carbonyl (C=O) groups is 2. The third-order valence-corrected chi connectivity index (χ3v) is 4.49. The average molecular weight is 391 g/mol. The van der Waals surface area contributed by atoms with Gasteiger partial charge in [0.05, 0.1) is 16.9 Å². The predicted molar refractivity (Wildman–Crippen MR) is 102 cm³/mol. The Morgan fingerprint density at radius 1 is 0.964 bits per heavy atom. The molecule has 2 aromatic rings. The Morgan fingerprint density at radius 2 is 1.61 bits per heavy atom. The molecule has 5 nitrogen and oxygen atoms in total. The van der Waals surface area contributed by atoms with E-state index < -0.39 is 17.6 Å². The minimum atomic E-state index is -4.50. The summed E-state index contributed by atoms with van der Waals surface area (Å²) in [6, 6.07) is 9.54. The van der Waals surface area contributed by atoms with Crippen LogP contribution < -0.4 is 15.5 Å². The summed E-state index contributed by atoms with van der Waals surface area (Å²) in [4.78, 5) is 25.6. The van der Waals surface area contributed by atoms with E-state index in [9.17, 15) is 22.8 Å². The molecule has 0 unspecified atom stereocenters. The summed E-state index contributed by atoms with van der Waals surface area (Å²) in [5.41, 5.74) is 0.702. The van der Waals surface area contributed by atoms with Crippen molar-refractivity contribution in [2.24, 2.45) is 0 Å². The summed E-state index contributed by atoms with van der Waals surface area (Å²) in [5.74, 6) is -0.759. The fourth-order valence-corrected chi connectivity index (χ4v) is 3.15. The highest BCUT2D eigenvalue weighted by molar-refractivity contribution is 6.06. The van der Waals surface area contributed by atoms with Gasteiger partial charge in [-0.2, -0.15) is 13.2 Å². The highest BCUT2D eigenvalue weighted by Gasteiger charge is 2.32. The first kappa shape index (κ1) is 19.7. The summed E-state index contributed by atoms with van der Waals surface area (Å²) in [7, 11) is 0. The van der Waals surface area contributed by atoms with Crippen molar-refractivity contribution in [2.45, 2.75) is 25.9 Å². The monoisotopic (exact) mass is 391 g/mol. The minimum absolute atomic E-state index is 0.132. The highest BCUT2D eigenvalue weighted by atomic mass is 19.4. The van der Waals surface area contributed by atoms with Gasteiger partial charge in [-0.1, -0.05) is 0 Å². The van der Waals surface area contributed by atoms with Gasteiger partial charge in [-0.3, -0.25) is 9.59 Å². The SMILES string of the molecule is CC(=O)Nc1ccc(C(=O)Nc2cc(C(F)(F)F)ccc2N2CCCC2)cc1. The zero-order chi connectivity index (χ0) is 20.3. The highest BCUT2D eigenvalue weighted by Crippen LogP contribution is 2.36. The maximum absolute atomic E-state index is 13.1. The van der Waals surface area contributed by atoms with E-state index in [2.05, 4.69) is 10.6 Å². The average Bonchev–Trinajstić information content (AvgIpc) is 3.15. The van der Waals surface area contributed by atoms with Crippen LogP contribution in [-0.4, -0.2) is 24.9 Å². The van der Waals surface area contributed by atoms with E-state index in [1.165, 1.54) is 25.1 Å². The second-order valence-corrected chi connectivity index (χ2v) is 6.64. The summed E-state index contributed by atoms with van der Waals surface area (Å²) in [6.45, 7) is 2.84. The zero-order valence-corrected chi connectivity index (χ0v) is 15.3. The molecule has 1 fully saturated rings. The molecule has 0 spiro atoms. The predicted octanol–water partition coefficient (Wildman–Crippen LogP) is 4.52. The lowest BCUT2D eigenvalue weighted by molar-refractivity contribution is -0.137. The van der Waals surface area contributed by atoms with E-state index in [-0.39, 0.29) is 17.2 Å². The van der Waals surface area contributed by atoms with Crippen LogP contribution >= 0.6 is 0 Å². The fourth-order valence-electron chi connectivity index (χ4n) is 3.15. The van der Waals surface area contributed by atoms with Crippen molar-refractivity contribution in [1.82, 2.24) is 0 Å². The number of hydrogen-bond acceptors (Lipinski definition) is 3. The molecule has 0 bridgehead atoms. The number of amides is 2. The molecule has 8 heteroatoms. The maximum atomic E-state index is 13.1. The third kappa shape index (κ3) is 4.62. The van der Waals surface area contributed by atoms with Crippen LogP contribution in [0.25, 0.3) is 0 Å². The molecule has 1 aliphatic rings. The summed E-state index contributed by atoms with van der Waals surface area (Å²) in [6.07, 6.45) is -2.58. The van der Waals surface area contributed by atoms with E-state index in [4.69, 9.17) is 0 Å². The van der Waals surface area contributed by atoms with E-state index >= 15 is 0 Å². The van der Waals surface area contributed by atoms with Crippen LogP contribution in [0.1, 0.15) is 35.7 Å². The molecular weight excluding hydrogens is 371 g/mol. The lowest BCUT2D eigenvalue weighted by Crippen LogP contribution is -2.22. The summed E-state index contributed by atoms with van der Waals surface area (Å²) >= 11 is 0. The standard InChI is InChI=1S/C20H20F3N3O2/c1-13(27)24-16-7-4-14(5-8-16)19(28)25-17-12-15(20(21,22)23)6-9-18(17)26-10-2-3-11-26/h4-9,12H,2-3,10-11H2,1H3,(H,24,27)(H,25,28). The molecule has 2 aromatic carbocycles. The van der Waals surface area contributed by atoms with E-state index in [0.717, 1.165) is 38.1 Å². The van der Waals surface area contributed by atoms with Crippen molar-refractivity contribution in [3.05, 3.63) is 53.6 Å². The first-order valence-corrected chi connectivity index (χ1v) is 8.89. The van der Waals surface area contributed by atoms with Gasteiger partial charge in [-0.15, -0.1) is 0 Å². The largest absolute Gasteiger partial charge is 0.416 e. The van der Waals surface area contributed by atoms with Crippen LogP contribution in [0.5, 0.6) is 0 Å². The molecule has 1 heterocycles. The van der Waals surface area contributed by atoms with Gasteiger partial charge in [-0.05, 0) is 55.3 Å². The number of alkyl halides is 3. The van der Waals surface area contributed by atoms with Gasteiger partial charge in [0, 0.05) is 31.3 Å². The van der Waals surface area contributed by atoms with Crippen LogP contribution in [0.2, 0.25) is 0 Å². The Bertz CT molecular complexity index is 873. The molecule has 0 radical (unpaired) electrons. The number of halogens is 3. The Morgan fingerprint density at radius 3 is 2.18 bits per heavy atom. The van der Waals surface area contributed by atoms with Gasteiger partial charge in [0.1, 0.15) is 0 Å². The molecule has 1 aliphatic heterocycles. The molecule has 0 saturated carbocycles. The number of hydrogen-bond donors (Lipinski definition) is 2. The van der Waals surface area contributed by atoms with Crippen molar-refractivity contribution < 1.29 is 22.8 Å². The van der Waals surface area contributed by atoms with E-state index in [0.29, 0.717) is 11.4 Å². The Labute approximate surface area is 160 Å². The quantitative estimate of drug-likeness (QED) is 0.806. The number of nitrogens with zero attached hydrogens (tertiary/aromatic N) is 1. The van der Waals surface area contributed by atoms with Crippen molar-refractivity contribution >= 4 is 28.9 Å². The van der Waals surface area contributed by atoms with Crippen LogP contribution in [0.3, 0.4) is 0 Å². The minimum Gasteiger partial charge on any atom is -0.370 e.